The van der Waals surface area contributed by atoms with Crippen molar-refractivity contribution in [3.05, 3.63) is 35.4 Å². The number of likely N-dealkylation sites (tertiary alicyclic amines) is 1. The lowest BCUT2D eigenvalue weighted by molar-refractivity contribution is -0.227. The van der Waals surface area contributed by atoms with Crippen LogP contribution in [0.2, 0.25) is 0 Å². The number of amides is 1. The number of benzene rings is 1. The molecule has 132 valence electrons. The number of halogens is 3. The number of rotatable bonds is 4. The predicted molar refractivity (Wildman–Crippen MR) is 81.5 cm³/mol. The van der Waals surface area contributed by atoms with Crippen LogP contribution in [0.4, 0.5) is 13.2 Å². The summed E-state index contributed by atoms with van der Waals surface area (Å²) in [6, 6.07) is 7.51. The Morgan fingerprint density at radius 1 is 1.33 bits per heavy atom. The molecule has 0 bridgehead atoms. The fraction of sp³-hybridized carbons (Fsp3) is 0.529. The molecule has 1 saturated heterocycles. The lowest BCUT2D eigenvalue weighted by atomic mass is 9.86. The lowest BCUT2D eigenvalue weighted by Crippen LogP contribution is -2.47. The number of aryl methyl sites for hydroxylation is 1. The van der Waals surface area contributed by atoms with Crippen molar-refractivity contribution in [3.63, 3.8) is 0 Å². The second kappa shape index (κ2) is 6.45. The monoisotopic (exact) mass is 343 g/mol. The van der Waals surface area contributed by atoms with Gasteiger partial charge in [0.1, 0.15) is 0 Å². The SMILES string of the molecule is Cc1ccccc1C(C)CC(=O)N1CCC(C(=O)O)(C(F)(F)F)C1. The van der Waals surface area contributed by atoms with E-state index in [0.717, 1.165) is 16.0 Å². The molecule has 4 nitrogen and oxygen atoms in total. The summed E-state index contributed by atoms with van der Waals surface area (Å²) >= 11 is 0. The van der Waals surface area contributed by atoms with Gasteiger partial charge in [0.2, 0.25) is 5.91 Å². The summed E-state index contributed by atoms with van der Waals surface area (Å²) < 4.78 is 39.5. The van der Waals surface area contributed by atoms with Gasteiger partial charge in [-0.2, -0.15) is 13.2 Å². The van der Waals surface area contributed by atoms with Crippen LogP contribution in [0.1, 0.15) is 36.8 Å². The van der Waals surface area contributed by atoms with Crippen molar-refractivity contribution in [1.82, 2.24) is 4.90 Å². The minimum atomic E-state index is -4.88. The molecule has 1 amide bonds. The Labute approximate surface area is 138 Å². The Balaban J connectivity index is 2.10. The van der Waals surface area contributed by atoms with Crippen LogP contribution in [0.3, 0.4) is 0 Å². The Hall–Kier alpha value is -2.05. The number of carboxylic acids is 1. The number of aliphatic carboxylic acids is 1. The minimum Gasteiger partial charge on any atom is -0.481 e. The molecule has 24 heavy (non-hydrogen) atoms. The van der Waals surface area contributed by atoms with Gasteiger partial charge in [0.05, 0.1) is 0 Å². The number of alkyl halides is 3. The number of hydrogen-bond acceptors (Lipinski definition) is 2. The van der Waals surface area contributed by atoms with Crippen LogP contribution < -0.4 is 0 Å². The number of carbonyl (C=O) groups is 2. The molecule has 1 N–H and O–H groups in total. The topological polar surface area (TPSA) is 57.6 Å². The van der Waals surface area contributed by atoms with Crippen LogP contribution in [0.5, 0.6) is 0 Å². The zero-order chi connectivity index (χ0) is 18.1. The number of nitrogens with zero attached hydrogens (tertiary/aromatic N) is 1. The van der Waals surface area contributed by atoms with Crippen LogP contribution in [0.25, 0.3) is 0 Å². The predicted octanol–water partition coefficient (Wildman–Crippen LogP) is 3.35. The van der Waals surface area contributed by atoms with Gasteiger partial charge in [-0.05, 0) is 30.4 Å². The highest BCUT2D eigenvalue weighted by molar-refractivity contribution is 5.81. The van der Waals surface area contributed by atoms with E-state index in [-0.39, 0.29) is 18.9 Å². The molecule has 2 rings (SSSR count). The first-order valence-electron chi connectivity index (χ1n) is 7.72. The quantitative estimate of drug-likeness (QED) is 0.912. The van der Waals surface area contributed by atoms with E-state index in [0.29, 0.717) is 0 Å². The van der Waals surface area contributed by atoms with Gasteiger partial charge in [-0.15, -0.1) is 0 Å². The van der Waals surface area contributed by atoms with Gasteiger partial charge in [-0.3, -0.25) is 9.59 Å². The van der Waals surface area contributed by atoms with Crippen LogP contribution >= 0.6 is 0 Å². The molecule has 1 aromatic carbocycles. The van der Waals surface area contributed by atoms with E-state index in [9.17, 15) is 22.8 Å². The van der Waals surface area contributed by atoms with Gasteiger partial charge in [-0.1, -0.05) is 31.2 Å². The average Bonchev–Trinajstić information content (AvgIpc) is 2.94. The van der Waals surface area contributed by atoms with Crippen LogP contribution in [0, 0.1) is 12.3 Å². The summed E-state index contributed by atoms with van der Waals surface area (Å²) in [5.74, 6) is -2.51. The van der Waals surface area contributed by atoms with Gasteiger partial charge in [0, 0.05) is 19.5 Å². The van der Waals surface area contributed by atoms with Gasteiger partial charge in [-0.25, -0.2) is 0 Å². The van der Waals surface area contributed by atoms with Gasteiger partial charge >= 0.3 is 12.1 Å². The van der Waals surface area contributed by atoms with Crippen LogP contribution in [-0.4, -0.2) is 41.1 Å². The van der Waals surface area contributed by atoms with Crippen molar-refractivity contribution in [2.24, 2.45) is 5.41 Å². The molecular weight excluding hydrogens is 323 g/mol. The number of hydrogen-bond donors (Lipinski definition) is 1. The first kappa shape index (κ1) is 18.3. The Bertz CT molecular complexity index is 644. The highest BCUT2D eigenvalue weighted by Gasteiger charge is 2.64. The molecular formula is C17H20F3NO3. The van der Waals surface area contributed by atoms with E-state index in [1.54, 1.807) is 0 Å². The van der Waals surface area contributed by atoms with E-state index >= 15 is 0 Å². The van der Waals surface area contributed by atoms with Crippen molar-refractivity contribution >= 4 is 11.9 Å². The highest BCUT2D eigenvalue weighted by atomic mass is 19.4. The molecule has 0 spiro atoms. The molecule has 0 aromatic heterocycles. The molecule has 7 heteroatoms. The third kappa shape index (κ3) is 3.25. The second-order valence-corrected chi connectivity index (χ2v) is 6.41. The van der Waals surface area contributed by atoms with Gasteiger partial charge in [0.25, 0.3) is 0 Å². The summed E-state index contributed by atoms with van der Waals surface area (Å²) in [6.45, 7) is 2.74. The second-order valence-electron chi connectivity index (χ2n) is 6.41. The van der Waals surface area contributed by atoms with E-state index in [2.05, 4.69) is 0 Å². The molecule has 0 radical (unpaired) electrons. The lowest BCUT2D eigenvalue weighted by Gasteiger charge is -2.27. The minimum absolute atomic E-state index is 0.0540. The van der Waals surface area contributed by atoms with Crippen molar-refractivity contribution < 1.29 is 27.9 Å². The molecule has 0 saturated carbocycles. The third-order valence-corrected chi connectivity index (χ3v) is 4.77. The molecule has 1 fully saturated rings. The Morgan fingerprint density at radius 2 is 1.96 bits per heavy atom. The molecule has 2 unspecified atom stereocenters. The normalized spacial score (nSPS) is 22.5. The molecule has 2 atom stereocenters. The van der Waals surface area contributed by atoms with Crippen molar-refractivity contribution in [2.45, 2.75) is 38.8 Å². The van der Waals surface area contributed by atoms with Crippen LogP contribution in [0.15, 0.2) is 24.3 Å². The fourth-order valence-electron chi connectivity index (χ4n) is 3.19. The Morgan fingerprint density at radius 3 is 2.46 bits per heavy atom. The average molecular weight is 343 g/mol. The first-order chi connectivity index (χ1) is 11.1. The maximum Gasteiger partial charge on any atom is 0.406 e. The maximum atomic E-state index is 13.2. The fourth-order valence-corrected chi connectivity index (χ4v) is 3.19. The van der Waals surface area contributed by atoms with E-state index in [1.807, 2.05) is 38.1 Å². The van der Waals surface area contributed by atoms with Crippen LogP contribution in [-0.2, 0) is 9.59 Å². The highest BCUT2D eigenvalue weighted by Crippen LogP contribution is 2.46. The first-order valence-corrected chi connectivity index (χ1v) is 7.72. The number of carbonyl (C=O) groups excluding carboxylic acids is 1. The smallest absolute Gasteiger partial charge is 0.406 e. The number of carboxylic acid groups (broad SMARTS) is 1. The molecule has 0 aliphatic carbocycles. The third-order valence-electron chi connectivity index (χ3n) is 4.77. The van der Waals surface area contributed by atoms with E-state index in [1.165, 1.54) is 0 Å². The van der Waals surface area contributed by atoms with Crippen molar-refractivity contribution in [3.8, 4) is 0 Å². The summed E-state index contributed by atoms with van der Waals surface area (Å²) in [7, 11) is 0. The largest absolute Gasteiger partial charge is 0.481 e. The standard InChI is InChI=1S/C17H20F3NO3/c1-11-5-3-4-6-13(11)12(2)9-14(22)21-8-7-16(10-21,15(23)24)17(18,19)20/h3-6,12H,7-10H2,1-2H3,(H,23,24). The Kier molecular flexibility index (Phi) is 4.92. The molecule has 1 aromatic rings. The summed E-state index contributed by atoms with van der Waals surface area (Å²) in [5, 5.41) is 9.04. The summed E-state index contributed by atoms with van der Waals surface area (Å²) in [4.78, 5) is 24.5. The molecule has 1 aliphatic rings. The van der Waals surface area contributed by atoms with Gasteiger partial charge in [0.15, 0.2) is 5.41 Å². The van der Waals surface area contributed by atoms with E-state index < -0.39 is 36.4 Å². The van der Waals surface area contributed by atoms with Gasteiger partial charge < -0.3 is 10.0 Å². The summed E-state index contributed by atoms with van der Waals surface area (Å²) in [5.41, 5.74) is -0.881. The summed E-state index contributed by atoms with van der Waals surface area (Å²) in [6.07, 6.45) is -5.43. The van der Waals surface area contributed by atoms with Crippen molar-refractivity contribution in [1.29, 1.82) is 0 Å². The molecule has 1 aliphatic heterocycles. The van der Waals surface area contributed by atoms with E-state index in [4.69, 9.17) is 5.11 Å². The maximum absolute atomic E-state index is 13.2. The zero-order valence-electron chi connectivity index (χ0n) is 13.6. The van der Waals surface area contributed by atoms with Crippen molar-refractivity contribution in [2.75, 3.05) is 13.1 Å². The molecule has 1 heterocycles. The zero-order valence-corrected chi connectivity index (χ0v) is 13.6.